The minimum atomic E-state index is -3.60. The highest BCUT2D eigenvalue weighted by atomic mass is 32.2. The van der Waals surface area contributed by atoms with Crippen molar-refractivity contribution in [1.82, 2.24) is 4.31 Å². The number of furan rings is 1. The van der Waals surface area contributed by atoms with Crippen LogP contribution in [-0.4, -0.2) is 30.9 Å². The maximum atomic E-state index is 12.7. The van der Waals surface area contributed by atoms with Crippen LogP contribution in [0.15, 0.2) is 9.31 Å². The van der Waals surface area contributed by atoms with Gasteiger partial charge < -0.3 is 9.52 Å². The average molecular weight is 289 g/mol. The summed E-state index contributed by atoms with van der Waals surface area (Å²) in [6.45, 7) is 7.80. The molecule has 0 unspecified atom stereocenters. The largest absolute Gasteiger partial charge is 0.465 e. The van der Waals surface area contributed by atoms with Crippen molar-refractivity contribution >= 4 is 10.0 Å². The van der Waals surface area contributed by atoms with Gasteiger partial charge in [-0.25, -0.2) is 8.42 Å². The molecule has 0 amide bonds. The van der Waals surface area contributed by atoms with E-state index in [0.717, 1.165) is 12.8 Å². The van der Waals surface area contributed by atoms with Crippen molar-refractivity contribution in [3.05, 3.63) is 17.1 Å². The Hall–Kier alpha value is -0.850. The number of aliphatic hydroxyl groups excluding tert-OH is 1. The van der Waals surface area contributed by atoms with Gasteiger partial charge in [-0.05, 0) is 26.7 Å². The molecule has 0 saturated carbocycles. The van der Waals surface area contributed by atoms with Gasteiger partial charge in [0.2, 0.25) is 10.0 Å². The maximum absolute atomic E-state index is 12.7. The van der Waals surface area contributed by atoms with Crippen molar-refractivity contribution in [3.8, 4) is 0 Å². The zero-order chi connectivity index (χ0) is 14.6. The molecule has 0 aliphatic heterocycles. The van der Waals surface area contributed by atoms with Crippen LogP contribution in [0.3, 0.4) is 0 Å². The van der Waals surface area contributed by atoms with Crippen molar-refractivity contribution in [2.45, 2.75) is 52.0 Å². The molecule has 0 saturated heterocycles. The molecule has 1 aromatic rings. The lowest BCUT2D eigenvalue weighted by Gasteiger charge is -2.21. The SMILES string of the molecule is CCCN(CCC)S(=O)(=O)c1c(C)oc(C)c1CO. The smallest absolute Gasteiger partial charge is 0.246 e. The summed E-state index contributed by atoms with van der Waals surface area (Å²) in [5, 5.41) is 9.37. The highest BCUT2D eigenvalue weighted by Crippen LogP contribution is 2.29. The van der Waals surface area contributed by atoms with Gasteiger partial charge in [0.05, 0.1) is 6.61 Å². The lowest BCUT2D eigenvalue weighted by Crippen LogP contribution is -2.33. The number of rotatable bonds is 7. The predicted molar refractivity (Wildman–Crippen MR) is 73.4 cm³/mol. The predicted octanol–water partition coefficient (Wildman–Crippen LogP) is 2.20. The maximum Gasteiger partial charge on any atom is 0.246 e. The standard InChI is InChI=1S/C13H23NO4S/c1-5-7-14(8-6-2)19(16,17)13-11(4)18-10(3)12(13)9-15/h15H,5-9H2,1-4H3. The fraction of sp³-hybridized carbons (Fsp3) is 0.692. The highest BCUT2D eigenvalue weighted by Gasteiger charge is 2.31. The molecule has 0 aliphatic rings. The summed E-state index contributed by atoms with van der Waals surface area (Å²) < 4.78 is 32.2. The van der Waals surface area contributed by atoms with E-state index in [1.165, 1.54) is 4.31 Å². The first-order chi connectivity index (χ1) is 8.89. The number of hydrogen-bond donors (Lipinski definition) is 1. The minimum Gasteiger partial charge on any atom is -0.465 e. The van der Waals surface area contributed by atoms with Gasteiger partial charge in [0.1, 0.15) is 16.4 Å². The van der Waals surface area contributed by atoms with E-state index in [-0.39, 0.29) is 11.5 Å². The van der Waals surface area contributed by atoms with Crippen molar-refractivity contribution in [2.24, 2.45) is 0 Å². The molecule has 0 radical (unpaired) electrons. The molecule has 0 spiro atoms. The molecule has 1 rings (SSSR count). The summed E-state index contributed by atoms with van der Waals surface area (Å²) in [5.74, 6) is 0.810. The van der Waals surface area contributed by atoms with Gasteiger partial charge in [0.25, 0.3) is 0 Å². The van der Waals surface area contributed by atoms with Gasteiger partial charge in [-0.2, -0.15) is 4.31 Å². The molecular formula is C13H23NO4S. The van der Waals surface area contributed by atoms with Crippen LogP contribution < -0.4 is 0 Å². The number of sulfonamides is 1. The topological polar surface area (TPSA) is 70.8 Å². The van der Waals surface area contributed by atoms with Crippen LogP contribution in [-0.2, 0) is 16.6 Å². The van der Waals surface area contributed by atoms with Gasteiger partial charge >= 0.3 is 0 Å². The Morgan fingerprint density at radius 2 is 1.63 bits per heavy atom. The van der Waals surface area contributed by atoms with Gasteiger partial charge in [0, 0.05) is 18.7 Å². The highest BCUT2D eigenvalue weighted by molar-refractivity contribution is 7.89. The van der Waals surface area contributed by atoms with Crippen LogP contribution in [0.2, 0.25) is 0 Å². The molecule has 5 nitrogen and oxygen atoms in total. The van der Waals surface area contributed by atoms with Gasteiger partial charge in [-0.15, -0.1) is 0 Å². The summed E-state index contributed by atoms with van der Waals surface area (Å²) >= 11 is 0. The van der Waals surface area contributed by atoms with E-state index in [0.29, 0.717) is 30.2 Å². The Kier molecular flexibility index (Phi) is 5.58. The molecule has 1 aromatic heterocycles. The molecule has 110 valence electrons. The summed E-state index contributed by atoms with van der Waals surface area (Å²) in [4.78, 5) is 0.134. The zero-order valence-corrected chi connectivity index (χ0v) is 12.9. The first-order valence-corrected chi connectivity index (χ1v) is 8.03. The number of aliphatic hydroxyl groups is 1. The Labute approximate surface area is 115 Å². The van der Waals surface area contributed by atoms with E-state index < -0.39 is 10.0 Å². The van der Waals surface area contributed by atoms with Crippen LogP contribution in [0, 0.1) is 13.8 Å². The van der Waals surface area contributed by atoms with E-state index in [1.54, 1.807) is 13.8 Å². The van der Waals surface area contributed by atoms with E-state index in [2.05, 4.69) is 0 Å². The van der Waals surface area contributed by atoms with Crippen LogP contribution in [0.4, 0.5) is 0 Å². The molecule has 0 atom stereocenters. The fourth-order valence-electron chi connectivity index (χ4n) is 2.21. The fourth-order valence-corrected chi connectivity index (χ4v) is 4.24. The van der Waals surface area contributed by atoms with Crippen molar-refractivity contribution < 1.29 is 17.9 Å². The zero-order valence-electron chi connectivity index (χ0n) is 12.1. The van der Waals surface area contributed by atoms with Gasteiger partial charge in [-0.1, -0.05) is 13.8 Å². The van der Waals surface area contributed by atoms with Crippen LogP contribution in [0.5, 0.6) is 0 Å². The second-order valence-electron chi connectivity index (χ2n) is 4.58. The van der Waals surface area contributed by atoms with E-state index >= 15 is 0 Å². The molecule has 6 heteroatoms. The molecular weight excluding hydrogens is 266 g/mol. The third-order valence-electron chi connectivity index (χ3n) is 3.03. The van der Waals surface area contributed by atoms with Gasteiger partial charge in [0.15, 0.2) is 0 Å². The molecule has 1 N–H and O–H groups in total. The van der Waals surface area contributed by atoms with Crippen molar-refractivity contribution in [2.75, 3.05) is 13.1 Å². The number of hydrogen-bond acceptors (Lipinski definition) is 4. The third-order valence-corrected chi connectivity index (χ3v) is 5.12. The Morgan fingerprint density at radius 1 is 1.11 bits per heavy atom. The minimum absolute atomic E-state index is 0.134. The molecule has 0 aromatic carbocycles. The quantitative estimate of drug-likeness (QED) is 0.835. The summed E-state index contributed by atoms with van der Waals surface area (Å²) in [6.07, 6.45) is 1.51. The monoisotopic (exact) mass is 289 g/mol. The summed E-state index contributed by atoms with van der Waals surface area (Å²) in [6, 6.07) is 0. The van der Waals surface area contributed by atoms with Crippen LogP contribution >= 0.6 is 0 Å². The van der Waals surface area contributed by atoms with Gasteiger partial charge in [-0.3, -0.25) is 0 Å². The Balaban J connectivity index is 3.32. The van der Waals surface area contributed by atoms with Crippen LogP contribution in [0.25, 0.3) is 0 Å². The lowest BCUT2D eigenvalue weighted by molar-refractivity contribution is 0.276. The van der Waals surface area contributed by atoms with E-state index in [1.807, 2.05) is 13.8 Å². The average Bonchev–Trinajstić information content (AvgIpc) is 2.63. The third kappa shape index (κ3) is 3.19. The van der Waals surface area contributed by atoms with Crippen LogP contribution in [0.1, 0.15) is 43.8 Å². The summed E-state index contributed by atoms with van der Waals surface area (Å²) in [7, 11) is -3.60. The van der Waals surface area contributed by atoms with E-state index in [4.69, 9.17) is 4.42 Å². The number of aryl methyl sites for hydroxylation is 2. The first kappa shape index (κ1) is 16.2. The lowest BCUT2D eigenvalue weighted by atomic mass is 10.2. The Morgan fingerprint density at radius 3 is 2.05 bits per heavy atom. The normalized spacial score (nSPS) is 12.3. The molecule has 0 fully saturated rings. The van der Waals surface area contributed by atoms with Crippen molar-refractivity contribution in [1.29, 1.82) is 0 Å². The number of nitrogens with zero attached hydrogens (tertiary/aromatic N) is 1. The Bertz CT molecular complexity index is 513. The second kappa shape index (κ2) is 6.54. The van der Waals surface area contributed by atoms with E-state index in [9.17, 15) is 13.5 Å². The van der Waals surface area contributed by atoms with Crippen molar-refractivity contribution in [3.63, 3.8) is 0 Å². The second-order valence-corrected chi connectivity index (χ2v) is 6.46. The first-order valence-electron chi connectivity index (χ1n) is 6.59. The molecule has 0 bridgehead atoms. The summed E-state index contributed by atoms with van der Waals surface area (Å²) in [5.41, 5.74) is 0.370. The molecule has 0 aliphatic carbocycles. The molecule has 19 heavy (non-hydrogen) atoms. The molecule has 1 heterocycles.